The topological polar surface area (TPSA) is 92.4 Å². The van der Waals surface area contributed by atoms with E-state index in [4.69, 9.17) is 5.73 Å². The van der Waals surface area contributed by atoms with Crippen LogP contribution in [0.15, 0.2) is 24.3 Å². The first-order valence-corrected chi connectivity index (χ1v) is 7.11. The van der Waals surface area contributed by atoms with Gasteiger partial charge in [0.05, 0.1) is 5.56 Å². The van der Waals surface area contributed by atoms with Gasteiger partial charge in [0.1, 0.15) is 6.04 Å². The highest BCUT2D eigenvalue weighted by atomic mass is 19.4. The summed E-state index contributed by atoms with van der Waals surface area (Å²) in [6.45, 7) is 1.90. The second-order valence-corrected chi connectivity index (χ2v) is 5.13. The zero-order valence-corrected chi connectivity index (χ0v) is 12.6. The molecule has 5 nitrogen and oxygen atoms in total. The van der Waals surface area contributed by atoms with Crippen LogP contribution in [-0.2, 0) is 15.8 Å². The molecule has 1 aromatic carbocycles. The third-order valence-electron chi connectivity index (χ3n) is 3.31. The van der Waals surface area contributed by atoms with Crippen LogP contribution in [0, 0.1) is 0 Å². The molecule has 2 amide bonds. The number of carbonyl (C=O) groups is 2. The van der Waals surface area contributed by atoms with Gasteiger partial charge in [-0.2, -0.15) is 13.2 Å². The Morgan fingerprint density at radius 1 is 1.26 bits per heavy atom. The molecule has 0 bridgehead atoms. The van der Waals surface area contributed by atoms with Crippen molar-refractivity contribution >= 4 is 11.8 Å². The Morgan fingerprint density at radius 3 is 2.26 bits per heavy atom. The van der Waals surface area contributed by atoms with E-state index in [0.717, 1.165) is 30.7 Å². The lowest BCUT2D eigenvalue weighted by atomic mass is 10.0. The monoisotopic (exact) mass is 332 g/mol. The van der Waals surface area contributed by atoms with Gasteiger partial charge >= 0.3 is 6.18 Å². The van der Waals surface area contributed by atoms with Gasteiger partial charge in [0, 0.05) is 0 Å². The molecule has 0 aliphatic rings. The number of primary amides is 1. The standard InChI is InChI=1S/C15H19F3N2O3/c1-2-3-4-11(13(19)22)20-14(23)12(21)9-5-7-10(8-6-9)15(16,17)18/h5-8,11-12,21H,2-4H2,1H3,(H2,19,22)(H,20,23)/t11-,12-/m1/s1. The number of rotatable bonds is 7. The van der Waals surface area contributed by atoms with Crippen LogP contribution in [0.3, 0.4) is 0 Å². The minimum Gasteiger partial charge on any atom is -0.378 e. The van der Waals surface area contributed by atoms with Crippen LogP contribution < -0.4 is 11.1 Å². The fourth-order valence-corrected chi connectivity index (χ4v) is 1.95. The maximum Gasteiger partial charge on any atom is 0.416 e. The van der Waals surface area contributed by atoms with Crippen molar-refractivity contribution in [2.24, 2.45) is 5.73 Å². The number of carbonyl (C=O) groups excluding carboxylic acids is 2. The number of nitrogens with two attached hydrogens (primary N) is 1. The van der Waals surface area contributed by atoms with Crippen LogP contribution in [0.1, 0.15) is 43.4 Å². The molecule has 4 N–H and O–H groups in total. The molecular weight excluding hydrogens is 313 g/mol. The molecule has 0 heterocycles. The van der Waals surface area contributed by atoms with Crippen molar-refractivity contribution in [3.8, 4) is 0 Å². The van der Waals surface area contributed by atoms with E-state index in [-0.39, 0.29) is 5.56 Å². The number of amides is 2. The Balaban J connectivity index is 2.77. The van der Waals surface area contributed by atoms with Gasteiger partial charge < -0.3 is 16.2 Å². The number of aliphatic hydroxyl groups excluding tert-OH is 1. The summed E-state index contributed by atoms with van der Waals surface area (Å²) in [5.74, 6) is -1.61. The summed E-state index contributed by atoms with van der Waals surface area (Å²) < 4.78 is 37.4. The average molecular weight is 332 g/mol. The summed E-state index contributed by atoms with van der Waals surface area (Å²) >= 11 is 0. The van der Waals surface area contributed by atoms with E-state index < -0.39 is 35.7 Å². The number of benzene rings is 1. The third kappa shape index (κ3) is 5.55. The molecule has 1 rings (SSSR count). The lowest BCUT2D eigenvalue weighted by Gasteiger charge is -2.18. The van der Waals surface area contributed by atoms with Crippen molar-refractivity contribution in [1.82, 2.24) is 5.32 Å². The van der Waals surface area contributed by atoms with Crippen LogP contribution in [0.5, 0.6) is 0 Å². The first-order valence-electron chi connectivity index (χ1n) is 7.11. The highest BCUT2D eigenvalue weighted by Gasteiger charge is 2.31. The average Bonchev–Trinajstić information content (AvgIpc) is 2.49. The Kier molecular flexibility index (Phi) is 6.56. The van der Waals surface area contributed by atoms with Crippen molar-refractivity contribution in [2.75, 3.05) is 0 Å². The lowest BCUT2D eigenvalue weighted by Crippen LogP contribution is -2.46. The van der Waals surface area contributed by atoms with Crippen molar-refractivity contribution < 1.29 is 27.9 Å². The van der Waals surface area contributed by atoms with E-state index in [1.807, 2.05) is 6.92 Å². The number of alkyl halides is 3. The van der Waals surface area contributed by atoms with E-state index in [0.29, 0.717) is 12.8 Å². The van der Waals surface area contributed by atoms with Gasteiger partial charge in [0.15, 0.2) is 6.10 Å². The predicted octanol–water partition coefficient (Wildman–Crippen LogP) is 1.90. The summed E-state index contributed by atoms with van der Waals surface area (Å²) in [6, 6.07) is 2.64. The molecule has 0 fully saturated rings. The smallest absolute Gasteiger partial charge is 0.378 e. The number of hydrogen-bond donors (Lipinski definition) is 3. The Labute approximate surface area is 131 Å². The van der Waals surface area contributed by atoms with Crippen molar-refractivity contribution in [2.45, 2.75) is 44.5 Å². The number of halogens is 3. The van der Waals surface area contributed by atoms with Gasteiger partial charge in [-0.1, -0.05) is 31.9 Å². The zero-order chi connectivity index (χ0) is 17.6. The molecule has 0 spiro atoms. The quantitative estimate of drug-likeness (QED) is 0.712. The van der Waals surface area contributed by atoms with Gasteiger partial charge in [0.2, 0.25) is 5.91 Å². The number of hydrogen-bond acceptors (Lipinski definition) is 3. The largest absolute Gasteiger partial charge is 0.416 e. The minimum atomic E-state index is -4.50. The SMILES string of the molecule is CCCC[C@@H](NC(=O)[C@H](O)c1ccc(C(F)(F)F)cc1)C(N)=O. The molecule has 0 aliphatic carbocycles. The van der Waals surface area contributed by atoms with E-state index in [1.165, 1.54) is 0 Å². The third-order valence-corrected chi connectivity index (χ3v) is 3.31. The number of aliphatic hydroxyl groups is 1. The maximum atomic E-state index is 12.5. The van der Waals surface area contributed by atoms with E-state index >= 15 is 0 Å². The normalized spacial score (nSPS) is 14.1. The molecule has 8 heteroatoms. The lowest BCUT2D eigenvalue weighted by molar-refractivity contribution is -0.137. The molecule has 0 saturated carbocycles. The molecule has 0 unspecified atom stereocenters. The molecule has 0 saturated heterocycles. The molecule has 0 radical (unpaired) electrons. The van der Waals surface area contributed by atoms with Crippen LogP contribution in [-0.4, -0.2) is 23.0 Å². The van der Waals surface area contributed by atoms with E-state index in [2.05, 4.69) is 5.32 Å². The highest BCUT2D eigenvalue weighted by Crippen LogP contribution is 2.29. The molecular formula is C15H19F3N2O3. The summed E-state index contributed by atoms with van der Waals surface area (Å²) in [7, 11) is 0. The molecule has 1 aromatic rings. The molecule has 0 aromatic heterocycles. The maximum absolute atomic E-state index is 12.5. The first-order chi connectivity index (χ1) is 10.7. The van der Waals surface area contributed by atoms with E-state index in [1.54, 1.807) is 0 Å². The summed E-state index contributed by atoms with van der Waals surface area (Å²) in [6.07, 6.45) is -4.40. The Hall–Kier alpha value is -2.09. The highest BCUT2D eigenvalue weighted by molar-refractivity contribution is 5.88. The first kappa shape index (κ1) is 19.0. The second-order valence-electron chi connectivity index (χ2n) is 5.13. The van der Waals surface area contributed by atoms with Crippen LogP contribution in [0.2, 0.25) is 0 Å². The van der Waals surface area contributed by atoms with Gasteiger partial charge in [-0.25, -0.2) is 0 Å². The predicted molar refractivity (Wildman–Crippen MR) is 77.1 cm³/mol. The molecule has 0 aliphatic heterocycles. The van der Waals surface area contributed by atoms with Gasteiger partial charge in [0.25, 0.3) is 5.91 Å². The van der Waals surface area contributed by atoms with Gasteiger partial charge in [-0.05, 0) is 24.1 Å². The van der Waals surface area contributed by atoms with Crippen molar-refractivity contribution in [3.63, 3.8) is 0 Å². The zero-order valence-electron chi connectivity index (χ0n) is 12.6. The van der Waals surface area contributed by atoms with Crippen molar-refractivity contribution in [1.29, 1.82) is 0 Å². The molecule has 2 atom stereocenters. The van der Waals surface area contributed by atoms with Crippen molar-refractivity contribution in [3.05, 3.63) is 35.4 Å². The number of nitrogens with one attached hydrogen (secondary N) is 1. The summed E-state index contributed by atoms with van der Waals surface area (Å²) in [4.78, 5) is 23.2. The van der Waals surface area contributed by atoms with Gasteiger partial charge in [-0.15, -0.1) is 0 Å². The fraction of sp³-hybridized carbons (Fsp3) is 0.467. The fourth-order valence-electron chi connectivity index (χ4n) is 1.95. The molecule has 23 heavy (non-hydrogen) atoms. The number of unbranched alkanes of at least 4 members (excludes halogenated alkanes) is 1. The Morgan fingerprint density at radius 2 is 1.83 bits per heavy atom. The second kappa shape index (κ2) is 7.96. The summed E-state index contributed by atoms with van der Waals surface area (Å²) in [5.41, 5.74) is 4.28. The van der Waals surface area contributed by atoms with Crippen LogP contribution >= 0.6 is 0 Å². The van der Waals surface area contributed by atoms with Crippen LogP contribution in [0.4, 0.5) is 13.2 Å². The summed E-state index contributed by atoms with van der Waals surface area (Å²) in [5, 5.41) is 12.2. The molecule has 128 valence electrons. The minimum absolute atomic E-state index is 0.00536. The Bertz CT molecular complexity index is 544. The van der Waals surface area contributed by atoms with E-state index in [9.17, 15) is 27.9 Å². The van der Waals surface area contributed by atoms with Crippen LogP contribution in [0.25, 0.3) is 0 Å². The van der Waals surface area contributed by atoms with Gasteiger partial charge in [-0.3, -0.25) is 9.59 Å².